The molecule has 1 rings (SSSR count). The molecule has 0 saturated heterocycles. The van der Waals surface area contributed by atoms with Gasteiger partial charge in [0.05, 0.1) is 12.7 Å². The number of urea groups is 1. The van der Waals surface area contributed by atoms with Crippen molar-refractivity contribution in [3.8, 4) is 5.75 Å². The van der Waals surface area contributed by atoms with Crippen molar-refractivity contribution < 1.29 is 14.6 Å². The first-order chi connectivity index (χ1) is 10.9. The zero-order chi connectivity index (χ0) is 17.2. The zero-order valence-corrected chi connectivity index (χ0v) is 14.6. The normalized spacial score (nSPS) is 13.5. The lowest BCUT2D eigenvalue weighted by molar-refractivity contribution is 0.163. The maximum absolute atomic E-state index is 11.9. The molecule has 0 heterocycles. The lowest BCUT2D eigenvalue weighted by atomic mass is 10.1. The van der Waals surface area contributed by atoms with Crippen molar-refractivity contribution in [3.63, 3.8) is 0 Å². The Kier molecular flexibility index (Phi) is 8.48. The van der Waals surface area contributed by atoms with Gasteiger partial charge in [-0.2, -0.15) is 0 Å². The highest BCUT2D eigenvalue weighted by atomic mass is 16.5. The topological polar surface area (TPSA) is 70.6 Å². The van der Waals surface area contributed by atoms with E-state index in [1.807, 2.05) is 31.2 Å². The third kappa shape index (κ3) is 9.08. The minimum absolute atomic E-state index is 0.228. The fourth-order valence-corrected chi connectivity index (χ4v) is 2.18. The van der Waals surface area contributed by atoms with Crippen LogP contribution in [0.1, 0.15) is 40.5 Å². The second-order valence-corrected chi connectivity index (χ2v) is 6.58. The van der Waals surface area contributed by atoms with Crippen LogP contribution in [0.15, 0.2) is 24.3 Å². The first-order valence-corrected chi connectivity index (χ1v) is 8.32. The number of hydrogen-bond acceptors (Lipinski definition) is 3. The van der Waals surface area contributed by atoms with Gasteiger partial charge in [0.25, 0.3) is 0 Å². The van der Waals surface area contributed by atoms with Gasteiger partial charge in [0.1, 0.15) is 5.75 Å². The van der Waals surface area contributed by atoms with Crippen LogP contribution in [0.25, 0.3) is 0 Å². The van der Waals surface area contributed by atoms with Crippen LogP contribution in [0.5, 0.6) is 5.75 Å². The number of ether oxygens (including phenoxy) is 1. The average molecular weight is 322 g/mol. The minimum atomic E-state index is -0.352. The SMILES string of the molecule is CC(C)CCOc1cccc(NC(=O)NCC(C)CC(C)O)c1. The summed E-state index contributed by atoms with van der Waals surface area (Å²) < 4.78 is 5.68. The summed E-state index contributed by atoms with van der Waals surface area (Å²) in [7, 11) is 0. The predicted molar refractivity (Wildman–Crippen MR) is 93.9 cm³/mol. The summed E-state index contributed by atoms with van der Waals surface area (Å²) in [5, 5.41) is 14.9. The molecule has 1 aromatic carbocycles. The van der Waals surface area contributed by atoms with Crippen LogP contribution in [0.3, 0.4) is 0 Å². The number of hydrogen-bond donors (Lipinski definition) is 3. The van der Waals surface area contributed by atoms with E-state index in [0.29, 0.717) is 31.2 Å². The summed E-state index contributed by atoms with van der Waals surface area (Å²) in [6.07, 6.45) is 1.31. The predicted octanol–water partition coefficient (Wildman–Crippen LogP) is 3.64. The number of carbonyl (C=O) groups excluding carboxylic acids is 1. The van der Waals surface area contributed by atoms with E-state index in [1.165, 1.54) is 0 Å². The molecule has 0 bridgehead atoms. The van der Waals surface area contributed by atoms with Crippen LogP contribution in [0.4, 0.5) is 10.5 Å². The van der Waals surface area contributed by atoms with Gasteiger partial charge >= 0.3 is 6.03 Å². The lowest BCUT2D eigenvalue weighted by Crippen LogP contribution is -2.33. The van der Waals surface area contributed by atoms with E-state index in [9.17, 15) is 9.90 Å². The first kappa shape index (κ1) is 19.3. The molecular weight excluding hydrogens is 292 g/mol. The van der Waals surface area contributed by atoms with Crippen LogP contribution < -0.4 is 15.4 Å². The summed E-state index contributed by atoms with van der Waals surface area (Å²) in [5.74, 6) is 1.59. The van der Waals surface area contributed by atoms with E-state index in [4.69, 9.17) is 4.74 Å². The lowest BCUT2D eigenvalue weighted by Gasteiger charge is -2.15. The summed E-state index contributed by atoms with van der Waals surface area (Å²) >= 11 is 0. The Balaban J connectivity index is 2.39. The highest BCUT2D eigenvalue weighted by Crippen LogP contribution is 2.18. The highest BCUT2D eigenvalue weighted by Gasteiger charge is 2.08. The van der Waals surface area contributed by atoms with Gasteiger partial charge in [-0.1, -0.05) is 26.8 Å². The van der Waals surface area contributed by atoms with Crippen molar-refractivity contribution in [1.82, 2.24) is 5.32 Å². The van der Waals surface area contributed by atoms with Gasteiger partial charge in [0.2, 0.25) is 0 Å². The molecule has 0 fully saturated rings. The Morgan fingerprint density at radius 2 is 2.00 bits per heavy atom. The van der Waals surface area contributed by atoms with Gasteiger partial charge < -0.3 is 20.5 Å². The molecule has 0 aliphatic heterocycles. The first-order valence-electron chi connectivity index (χ1n) is 8.32. The van der Waals surface area contributed by atoms with Crippen molar-refractivity contribution in [1.29, 1.82) is 0 Å². The molecule has 0 saturated carbocycles. The maximum atomic E-state index is 11.9. The van der Waals surface area contributed by atoms with Crippen molar-refractivity contribution in [2.24, 2.45) is 11.8 Å². The Morgan fingerprint density at radius 1 is 1.26 bits per heavy atom. The van der Waals surface area contributed by atoms with E-state index < -0.39 is 0 Å². The number of aliphatic hydroxyl groups excluding tert-OH is 1. The molecule has 23 heavy (non-hydrogen) atoms. The molecule has 2 unspecified atom stereocenters. The summed E-state index contributed by atoms with van der Waals surface area (Å²) in [4.78, 5) is 11.9. The van der Waals surface area contributed by atoms with E-state index in [2.05, 4.69) is 24.5 Å². The average Bonchev–Trinajstić information content (AvgIpc) is 2.44. The molecule has 5 heteroatoms. The molecule has 0 radical (unpaired) electrons. The summed E-state index contributed by atoms with van der Waals surface area (Å²) in [6.45, 7) is 9.26. The molecule has 0 aliphatic rings. The number of rotatable bonds is 9. The quantitative estimate of drug-likeness (QED) is 0.650. The highest BCUT2D eigenvalue weighted by molar-refractivity contribution is 5.89. The van der Waals surface area contributed by atoms with Crippen LogP contribution in [0, 0.1) is 11.8 Å². The second kappa shape index (κ2) is 10.1. The van der Waals surface area contributed by atoms with Gasteiger partial charge in [0.15, 0.2) is 0 Å². The number of amides is 2. The fraction of sp³-hybridized carbons (Fsp3) is 0.611. The van der Waals surface area contributed by atoms with Crippen LogP contribution >= 0.6 is 0 Å². The third-order valence-corrected chi connectivity index (χ3v) is 3.41. The van der Waals surface area contributed by atoms with Crippen molar-refractivity contribution in [3.05, 3.63) is 24.3 Å². The van der Waals surface area contributed by atoms with Crippen LogP contribution in [-0.4, -0.2) is 30.4 Å². The Hall–Kier alpha value is -1.75. The molecule has 0 aliphatic carbocycles. The monoisotopic (exact) mass is 322 g/mol. The van der Waals surface area contributed by atoms with Gasteiger partial charge in [-0.15, -0.1) is 0 Å². The molecular formula is C18H30N2O3. The molecule has 0 aromatic heterocycles. The van der Waals surface area contributed by atoms with E-state index >= 15 is 0 Å². The van der Waals surface area contributed by atoms with E-state index in [-0.39, 0.29) is 18.1 Å². The smallest absolute Gasteiger partial charge is 0.319 e. The third-order valence-electron chi connectivity index (χ3n) is 3.41. The standard InChI is InChI=1S/C18H30N2O3/c1-13(2)8-9-23-17-7-5-6-16(11-17)20-18(22)19-12-14(3)10-15(4)21/h5-7,11,13-15,21H,8-10,12H2,1-4H3,(H2,19,20,22). The molecule has 5 nitrogen and oxygen atoms in total. The van der Waals surface area contributed by atoms with Gasteiger partial charge in [-0.25, -0.2) is 4.79 Å². The van der Waals surface area contributed by atoms with Gasteiger partial charge in [-0.05, 0) is 43.7 Å². The largest absolute Gasteiger partial charge is 0.494 e. The Bertz CT molecular complexity index is 475. The van der Waals surface area contributed by atoms with E-state index in [0.717, 1.165) is 12.2 Å². The molecule has 0 spiro atoms. The summed E-state index contributed by atoms with van der Waals surface area (Å²) in [6, 6.07) is 7.14. The van der Waals surface area contributed by atoms with Gasteiger partial charge in [-0.3, -0.25) is 0 Å². The molecule has 2 amide bonds. The molecule has 3 N–H and O–H groups in total. The molecule has 2 atom stereocenters. The molecule has 1 aromatic rings. The Labute approximate surface area is 139 Å². The molecule has 130 valence electrons. The second-order valence-electron chi connectivity index (χ2n) is 6.58. The van der Waals surface area contributed by atoms with Gasteiger partial charge in [0, 0.05) is 18.3 Å². The number of anilines is 1. The van der Waals surface area contributed by atoms with Crippen LogP contribution in [-0.2, 0) is 0 Å². The fourth-order valence-electron chi connectivity index (χ4n) is 2.18. The van der Waals surface area contributed by atoms with Crippen molar-refractivity contribution in [2.45, 2.75) is 46.6 Å². The minimum Gasteiger partial charge on any atom is -0.494 e. The maximum Gasteiger partial charge on any atom is 0.319 e. The van der Waals surface area contributed by atoms with Crippen molar-refractivity contribution in [2.75, 3.05) is 18.5 Å². The number of nitrogens with one attached hydrogen (secondary N) is 2. The Morgan fingerprint density at radius 3 is 2.65 bits per heavy atom. The number of aliphatic hydroxyl groups is 1. The number of carbonyl (C=O) groups is 1. The van der Waals surface area contributed by atoms with E-state index in [1.54, 1.807) is 6.92 Å². The summed E-state index contributed by atoms with van der Waals surface area (Å²) in [5.41, 5.74) is 0.702. The van der Waals surface area contributed by atoms with Crippen molar-refractivity contribution >= 4 is 11.7 Å². The number of benzene rings is 1. The zero-order valence-electron chi connectivity index (χ0n) is 14.6. The van der Waals surface area contributed by atoms with Crippen LogP contribution in [0.2, 0.25) is 0 Å².